The van der Waals surface area contributed by atoms with Gasteiger partial charge >= 0.3 is 0 Å². The summed E-state index contributed by atoms with van der Waals surface area (Å²) in [4.78, 5) is 15.0. The highest BCUT2D eigenvalue weighted by molar-refractivity contribution is 7.17. The predicted molar refractivity (Wildman–Crippen MR) is 119 cm³/mol. The molecule has 1 aliphatic rings. The number of amides is 1. The van der Waals surface area contributed by atoms with Crippen molar-refractivity contribution in [1.82, 2.24) is 20.1 Å². The number of hydrogen-bond donors (Lipinski definition) is 1. The summed E-state index contributed by atoms with van der Waals surface area (Å²) < 4.78 is 7.28. The molecule has 0 saturated carbocycles. The van der Waals surface area contributed by atoms with Crippen LogP contribution in [0.5, 0.6) is 5.75 Å². The lowest BCUT2D eigenvalue weighted by Crippen LogP contribution is -2.29. The molecule has 8 heteroatoms. The molecular weight excluding hydrogens is 398 g/mol. The molecule has 30 heavy (non-hydrogen) atoms. The second-order valence-electron chi connectivity index (χ2n) is 7.26. The summed E-state index contributed by atoms with van der Waals surface area (Å²) in [6.07, 6.45) is 6.29. The van der Waals surface area contributed by atoms with Gasteiger partial charge in [0.1, 0.15) is 11.4 Å². The lowest BCUT2D eigenvalue weighted by Gasteiger charge is -2.25. The molecule has 3 aromatic rings. The Morgan fingerprint density at radius 1 is 1.10 bits per heavy atom. The molecule has 3 heterocycles. The summed E-state index contributed by atoms with van der Waals surface area (Å²) in [5, 5.41) is 13.3. The van der Waals surface area contributed by atoms with Gasteiger partial charge in [0.15, 0.2) is 0 Å². The Morgan fingerprint density at radius 3 is 2.63 bits per heavy atom. The minimum Gasteiger partial charge on any atom is -0.494 e. The summed E-state index contributed by atoms with van der Waals surface area (Å²) in [6.45, 7) is 5.24. The zero-order valence-electron chi connectivity index (χ0n) is 17.2. The molecule has 0 unspecified atom stereocenters. The van der Waals surface area contributed by atoms with Crippen molar-refractivity contribution in [2.45, 2.75) is 32.6 Å². The molecule has 1 fully saturated rings. The van der Waals surface area contributed by atoms with Crippen LogP contribution in [0.4, 0.5) is 5.13 Å². The van der Waals surface area contributed by atoms with Crippen LogP contribution in [0.15, 0.2) is 42.6 Å². The second-order valence-corrected chi connectivity index (χ2v) is 8.20. The van der Waals surface area contributed by atoms with Gasteiger partial charge in [0, 0.05) is 25.8 Å². The predicted octanol–water partition coefficient (Wildman–Crippen LogP) is 3.69. The van der Waals surface area contributed by atoms with E-state index in [4.69, 9.17) is 4.74 Å². The van der Waals surface area contributed by atoms with Crippen LogP contribution in [0.2, 0.25) is 0 Å². The zero-order valence-corrected chi connectivity index (χ0v) is 18.0. The van der Waals surface area contributed by atoms with Crippen molar-refractivity contribution in [3.05, 3.63) is 53.9 Å². The minimum atomic E-state index is -0.111. The van der Waals surface area contributed by atoms with E-state index in [0.717, 1.165) is 41.1 Å². The molecule has 4 rings (SSSR count). The van der Waals surface area contributed by atoms with Crippen LogP contribution in [0.25, 0.3) is 5.13 Å². The van der Waals surface area contributed by atoms with Gasteiger partial charge in [-0.1, -0.05) is 23.5 Å². The molecule has 0 atom stereocenters. The molecule has 0 radical (unpaired) electrons. The Hall–Kier alpha value is -2.87. The number of carbonyl (C=O) groups excluding carboxylic acids is 1. The number of nitrogens with one attached hydrogen (secondary N) is 1. The number of anilines is 1. The summed E-state index contributed by atoms with van der Waals surface area (Å²) in [5.41, 5.74) is 1.73. The molecule has 7 nitrogen and oxygen atoms in total. The van der Waals surface area contributed by atoms with Crippen molar-refractivity contribution >= 4 is 22.4 Å². The van der Waals surface area contributed by atoms with E-state index in [-0.39, 0.29) is 5.91 Å². The third-order valence-electron chi connectivity index (χ3n) is 5.15. The Morgan fingerprint density at radius 2 is 1.87 bits per heavy atom. The van der Waals surface area contributed by atoms with E-state index in [1.807, 2.05) is 54.1 Å². The molecule has 1 amide bonds. The molecule has 158 valence electrons. The third kappa shape index (κ3) is 4.81. The average molecular weight is 426 g/mol. The van der Waals surface area contributed by atoms with Gasteiger partial charge in [0.25, 0.3) is 5.91 Å². The number of nitrogens with zero attached hydrogens (tertiary/aromatic N) is 4. The van der Waals surface area contributed by atoms with Crippen molar-refractivity contribution < 1.29 is 9.53 Å². The van der Waals surface area contributed by atoms with Gasteiger partial charge in [0.05, 0.1) is 6.61 Å². The first kappa shape index (κ1) is 20.4. The highest BCUT2D eigenvalue weighted by atomic mass is 32.1. The summed E-state index contributed by atoms with van der Waals surface area (Å²) in [5.74, 6) is 0.754. The van der Waals surface area contributed by atoms with E-state index in [0.29, 0.717) is 18.8 Å². The Kier molecular flexibility index (Phi) is 6.63. The van der Waals surface area contributed by atoms with E-state index in [9.17, 15) is 4.79 Å². The number of ether oxygens (including phenoxy) is 1. The maximum atomic E-state index is 12.7. The van der Waals surface area contributed by atoms with Crippen molar-refractivity contribution in [3.8, 4) is 10.9 Å². The first-order valence-electron chi connectivity index (χ1n) is 10.5. The van der Waals surface area contributed by atoms with E-state index >= 15 is 0 Å². The minimum absolute atomic E-state index is 0.111. The molecule has 1 saturated heterocycles. The molecular formula is C22H27N5O2S. The highest BCUT2D eigenvalue weighted by Crippen LogP contribution is 2.26. The Bertz CT molecular complexity index is 960. The van der Waals surface area contributed by atoms with Crippen LogP contribution in [0, 0.1) is 0 Å². The summed E-state index contributed by atoms with van der Waals surface area (Å²) in [7, 11) is 0. The van der Waals surface area contributed by atoms with Gasteiger partial charge in [-0.05, 0) is 62.4 Å². The Labute approximate surface area is 180 Å². The van der Waals surface area contributed by atoms with Crippen molar-refractivity contribution in [2.24, 2.45) is 0 Å². The molecule has 0 aliphatic carbocycles. The van der Waals surface area contributed by atoms with E-state index in [1.165, 1.54) is 30.6 Å². The monoisotopic (exact) mass is 425 g/mol. The summed E-state index contributed by atoms with van der Waals surface area (Å²) in [6, 6.07) is 11.7. The smallest absolute Gasteiger partial charge is 0.268 e. The molecule has 1 aliphatic heterocycles. The molecule has 1 N–H and O–H groups in total. The van der Waals surface area contributed by atoms with Crippen LogP contribution in [0.1, 0.15) is 42.2 Å². The molecule has 2 aromatic heterocycles. The SMILES string of the molecule is CCOc1ccc(CCNC(=O)c2cccn2-c2nnc(N3CCCCC3)s2)cc1. The van der Waals surface area contributed by atoms with Crippen molar-refractivity contribution in [1.29, 1.82) is 0 Å². The average Bonchev–Trinajstić information content (AvgIpc) is 3.45. The number of hydrogen-bond acceptors (Lipinski definition) is 6. The largest absolute Gasteiger partial charge is 0.494 e. The van der Waals surface area contributed by atoms with E-state index < -0.39 is 0 Å². The van der Waals surface area contributed by atoms with E-state index in [2.05, 4.69) is 20.4 Å². The maximum Gasteiger partial charge on any atom is 0.268 e. The lowest BCUT2D eigenvalue weighted by molar-refractivity contribution is 0.0947. The number of rotatable bonds is 8. The van der Waals surface area contributed by atoms with Gasteiger partial charge in [-0.2, -0.15) is 0 Å². The molecule has 1 aromatic carbocycles. The van der Waals surface area contributed by atoms with Crippen molar-refractivity contribution in [3.63, 3.8) is 0 Å². The fourth-order valence-corrected chi connectivity index (χ4v) is 4.48. The van der Waals surface area contributed by atoms with Gasteiger partial charge in [0.2, 0.25) is 10.3 Å². The fourth-order valence-electron chi connectivity index (χ4n) is 3.58. The normalized spacial score (nSPS) is 14.0. The van der Waals surface area contributed by atoms with Gasteiger partial charge in [-0.25, -0.2) is 0 Å². The first-order valence-corrected chi connectivity index (χ1v) is 11.3. The number of aromatic nitrogens is 3. The molecule has 0 spiro atoms. The number of piperidine rings is 1. The molecule has 0 bridgehead atoms. The highest BCUT2D eigenvalue weighted by Gasteiger charge is 2.18. The van der Waals surface area contributed by atoms with Crippen LogP contribution in [-0.2, 0) is 6.42 Å². The van der Waals surface area contributed by atoms with Gasteiger partial charge < -0.3 is 15.0 Å². The topological polar surface area (TPSA) is 72.3 Å². The second kappa shape index (κ2) is 9.75. The van der Waals surface area contributed by atoms with Crippen LogP contribution >= 0.6 is 11.3 Å². The zero-order chi connectivity index (χ0) is 20.8. The van der Waals surface area contributed by atoms with Crippen LogP contribution in [0.3, 0.4) is 0 Å². The standard InChI is InChI=1S/C22H27N5O2S/c1-2-29-18-10-8-17(9-11-18)12-13-23-20(28)19-7-6-16-27(19)22-25-24-21(30-22)26-14-4-3-5-15-26/h6-11,16H,2-5,12-15H2,1H3,(H,23,28). The van der Waals surface area contributed by atoms with Gasteiger partial charge in [-0.3, -0.25) is 9.36 Å². The van der Waals surface area contributed by atoms with Crippen LogP contribution in [-0.4, -0.2) is 46.9 Å². The quantitative estimate of drug-likeness (QED) is 0.596. The summed E-state index contributed by atoms with van der Waals surface area (Å²) >= 11 is 1.53. The van der Waals surface area contributed by atoms with Gasteiger partial charge in [-0.15, -0.1) is 10.2 Å². The Balaban J connectivity index is 1.35. The lowest BCUT2D eigenvalue weighted by atomic mass is 10.1. The van der Waals surface area contributed by atoms with E-state index in [1.54, 1.807) is 0 Å². The number of carbonyl (C=O) groups is 1. The maximum absolute atomic E-state index is 12.7. The third-order valence-corrected chi connectivity index (χ3v) is 6.13. The van der Waals surface area contributed by atoms with Crippen molar-refractivity contribution in [2.75, 3.05) is 31.1 Å². The first-order chi connectivity index (χ1) is 14.7. The fraction of sp³-hybridized carbons (Fsp3) is 0.409. The van der Waals surface area contributed by atoms with Crippen LogP contribution < -0.4 is 15.0 Å². The number of benzene rings is 1.